The molecule has 25 heavy (non-hydrogen) atoms. The van der Waals surface area contributed by atoms with Gasteiger partial charge >= 0.3 is 0 Å². The molecule has 0 aliphatic heterocycles. The third kappa shape index (κ3) is 4.32. The fourth-order valence-electron chi connectivity index (χ4n) is 2.64. The molecule has 3 rings (SSSR count). The molecule has 1 heterocycles. The van der Waals surface area contributed by atoms with Crippen LogP contribution in [0.3, 0.4) is 0 Å². The Hall–Kier alpha value is -2.05. The number of methoxy groups -OCH3 is 1. The summed E-state index contributed by atoms with van der Waals surface area (Å²) in [6, 6.07) is 7.16. The van der Waals surface area contributed by atoms with Crippen molar-refractivity contribution in [2.75, 3.05) is 39.2 Å². The summed E-state index contributed by atoms with van der Waals surface area (Å²) in [6.45, 7) is 1.80. The normalized spacial score (nSPS) is 13.7. The molecule has 1 fully saturated rings. The molecule has 1 N–H and O–H groups in total. The minimum Gasteiger partial charge on any atom is -0.383 e. The van der Waals surface area contributed by atoms with E-state index >= 15 is 0 Å². The van der Waals surface area contributed by atoms with Crippen molar-refractivity contribution in [2.45, 2.75) is 12.8 Å². The molecule has 0 saturated heterocycles. The lowest BCUT2D eigenvalue weighted by Gasteiger charge is -2.17. The highest BCUT2D eigenvalue weighted by Crippen LogP contribution is 2.33. The second-order valence-electron chi connectivity index (χ2n) is 6.29. The molecule has 0 spiro atoms. The largest absolute Gasteiger partial charge is 0.383 e. The first kappa shape index (κ1) is 17.8. The SMILES string of the molecule is COCCNc1noc(-c2ccc(Cl)cc2)c1C(=O)N(C)CC1CC1. The van der Waals surface area contributed by atoms with Gasteiger partial charge in [-0.2, -0.15) is 0 Å². The van der Waals surface area contributed by atoms with Crippen LogP contribution in [0.15, 0.2) is 28.8 Å². The topological polar surface area (TPSA) is 67.6 Å². The number of carbonyl (C=O) groups excluding carboxylic acids is 1. The molecular formula is C18H22ClN3O3. The third-order valence-corrected chi connectivity index (χ3v) is 4.44. The van der Waals surface area contributed by atoms with Gasteiger partial charge in [0.15, 0.2) is 11.6 Å². The van der Waals surface area contributed by atoms with Gasteiger partial charge in [0.2, 0.25) is 0 Å². The van der Waals surface area contributed by atoms with E-state index in [1.165, 1.54) is 12.8 Å². The number of anilines is 1. The number of nitrogens with zero attached hydrogens (tertiary/aromatic N) is 2. The van der Waals surface area contributed by atoms with Crippen molar-refractivity contribution in [1.29, 1.82) is 0 Å². The number of carbonyl (C=O) groups is 1. The molecule has 1 aromatic heterocycles. The van der Waals surface area contributed by atoms with Crippen molar-refractivity contribution < 1.29 is 14.1 Å². The van der Waals surface area contributed by atoms with Gasteiger partial charge in [0, 0.05) is 37.8 Å². The maximum absolute atomic E-state index is 13.0. The lowest BCUT2D eigenvalue weighted by Crippen LogP contribution is -2.29. The standard InChI is InChI=1S/C18H22ClN3O3/c1-22(11-12-3-4-12)18(23)15-16(13-5-7-14(19)8-6-13)25-21-17(15)20-9-10-24-2/h5-8,12H,3-4,9-11H2,1-2H3,(H,20,21). The van der Waals surface area contributed by atoms with Crippen LogP contribution in [0, 0.1) is 5.92 Å². The Kier molecular flexibility index (Phi) is 5.60. The second-order valence-corrected chi connectivity index (χ2v) is 6.73. The van der Waals surface area contributed by atoms with Gasteiger partial charge in [-0.05, 0) is 43.0 Å². The lowest BCUT2D eigenvalue weighted by molar-refractivity contribution is 0.0789. The summed E-state index contributed by atoms with van der Waals surface area (Å²) in [5.41, 5.74) is 1.21. The first-order valence-electron chi connectivity index (χ1n) is 8.34. The summed E-state index contributed by atoms with van der Waals surface area (Å²) in [6.07, 6.45) is 2.37. The number of nitrogens with one attached hydrogen (secondary N) is 1. The summed E-state index contributed by atoms with van der Waals surface area (Å²) in [7, 11) is 3.44. The fraction of sp³-hybridized carbons (Fsp3) is 0.444. The maximum atomic E-state index is 13.0. The highest BCUT2D eigenvalue weighted by Gasteiger charge is 2.30. The second kappa shape index (κ2) is 7.89. The number of benzene rings is 1. The smallest absolute Gasteiger partial charge is 0.261 e. The van der Waals surface area contributed by atoms with Gasteiger partial charge in [-0.3, -0.25) is 4.79 Å². The molecular weight excluding hydrogens is 342 g/mol. The molecule has 0 bridgehead atoms. The van der Waals surface area contributed by atoms with Crippen LogP contribution in [0.1, 0.15) is 23.2 Å². The van der Waals surface area contributed by atoms with Gasteiger partial charge in [0.05, 0.1) is 6.61 Å². The summed E-state index contributed by atoms with van der Waals surface area (Å²) in [5, 5.41) is 7.81. The van der Waals surface area contributed by atoms with Crippen molar-refractivity contribution in [3.8, 4) is 11.3 Å². The molecule has 6 nitrogen and oxygen atoms in total. The molecule has 0 unspecified atom stereocenters. The first-order valence-corrected chi connectivity index (χ1v) is 8.72. The van der Waals surface area contributed by atoms with E-state index in [0.29, 0.717) is 41.2 Å². The van der Waals surface area contributed by atoms with Crippen molar-refractivity contribution in [3.05, 3.63) is 34.9 Å². The van der Waals surface area contributed by atoms with E-state index < -0.39 is 0 Å². The number of hydrogen-bond donors (Lipinski definition) is 1. The van der Waals surface area contributed by atoms with Gasteiger partial charge in [0.25, 0.3) is 5.91 Å². The van der Waals surface area contributed by atoms with Crippen LogP contribution in [-0.4, -0.2) is 49.8 Å². The Morgan fingerprint density at radius 3 is 2.76 bits per heavy atom. The van der Waals surface area contributed by atoms with E-state index in [2.05, 4.69) is 10.5 Å². The number of rotatable bonds is 8. The molecule has 2 aromatic rings. The van der Waals surface area contributed by atoms with Crippen LogP contribution in [0.4, 0.5) is 5.82 Å². The van der Waals surface area contributed by atoms with Gasteiger partial charge in [-0.25, -0.2) is 0 Å². The highest BCUT2D eigenvalue weighted by molar-refractivity contribution is 6.30. The number of ether oxygens (including phenoxy) is 1. The van der Waals surface area contributed by atoms with Crippen LogP contribution < -0.4 is 5.32 Å². The molecule has 1 saturated carbocycles. The zero-order valence-corrected chi connectivity index (χ0v) is 15.2. The predicted molar refractivity (Wildman–Crippen MR) is 97.0 cm³/mol. The van der Waals surface area contributed by atoms with Crippen molar-refractivity contribution >= 4 is 23.3 Å². The Balaban J connectivity index is 1.90. The van der Waals surface area contributed by atoms with Crippen LogP contribution in [-0.2, 0) is 4.74 Å². The van der Waals surface area contributed by atoms with E-state index in [4.69, 9.17) is 20.9 Å². The van der Waals surface area contributed by atoms with Gasteiger partial charge in [0.1, 0.15) is 5.56 Å². The average molecular weight is 364 g/mol. The van der Waals surface area contributed by atoms with Gasteiger partial charge < -0.3 is 19.5 Å². The minimum atomic E-state index is -0.0991. The maximum Gasteiger partial charge on any atom is 0.261 e. The van der Waals surface area contributed by atoms with Crippen LogP contribution >= 0.6 is 11.6 Å². The monoisotopic (exact) mass is 363 g/mol. The predicted octanol–water partition coefficient (Wildman–Crippen LogP) is 3.54. The number of halogens is 1. The molecule has 134 valence electrons. The molecule has 1 aromatic carbocycles. The van der Waals surface area contributed by atoms with Crippen molar-refractivity contribution in [3.63, 3.8) is 0 Å². The molecule has 7 heteroatoms. The Morgan fingerprint density at radius 2 is 2.12 bits per heavy atom. The Bertz CT molecular complexity index is 726. The minimum absolute atomic E-state index is 0.0991. The fourth-order valence-corrected chi connectivity index (χ4v) is 2.77. The highest BCUT2D eigenvalue weighted by atomic mass is 35.5. The average Bonchev–Trinajstić information content (AvgIpc) is 3.32. The molecule has 1 aliphatic carbocycles. The first-order chi connectivity index (χ1) is 12.1. The van der Waals surface area contributed by atoms with E-state index in [0.717, 1.165) is 12.1 Å². The summed E-state index contributed by atoms with van der Waals surface area (Å²) in [5.74, 6) is 1.40. The Labute approximate surface area is 152 Å². The summed E-state index contributed by atoms with van der Waals surface area (Å²) >= 11 is 5.96. The molecule has 0 atom stereocenters. The van der Waals surface area contributed by atoms with E-state index in [1.807, 2.05) is 19.2 Å². The van der Waals surface area contributed by atoms with Crippen LogP contribution in [0.2, 0.25) is 5.02 Å². The molecule has 1 aliphatic rings. The van der Waals surface area contributed by atoms with Crippen LogP contribution in [0.25, 0.3) is 11.3 Å². The molecule has 1 amide bonds. The van der Waals surface area contributed by atoms with E-state index in [1.54, 1.807) is 24.1 Å². The van der Waals surface area contributed by atoms with Crippen molar-refractivity contribution in [2.24, 2.45) is 5.92 Å². The lowest BCUT2D eigenvalue weighted by atomic mass is 10.1. The zero-order valence-electron chi connectivity index (χ0n) is 14.4. The van der Waals surface area contributed by atoms with Gasteiger partial charge in [-0.1, -0.05) is 16.8 Å². The summed E-state index contributed by atoms with van der Waals surface area (Å²) < 4.78 is 10.5. The van der Waals surface area contributed by atoms with E-state index in [9.17, 15) is 4.79 Å². The zero-order chi connectivity index (χ0) is 17.8. The van der Waals surface area contributed by atoms with Crippen molar-refractivity contribution in [1.82, 2.24) is 10.1 Å². The quantitative estimate of drug-likeness (QED) is 0.726. The van der Waals surface area contributed by atoms with E-state index in [-0.39, 0.29) is 5.91 Å². The number of hydrogen-bond acceptors (Lipinski definition) is 5. The third-order valence-electron chi connectivity index (χ3n) is 4.19. The summed E-state index contributed by atoms with van der Waals surface area (Å²) in [4.78, 5) is 14.8. The number of aromatic nitrogens is 1. The Morgan fingerprint density at radius 1 is 1.40 bits per heavy atom. The van der Waals surface area contributed by atoms with Gasteiger partial charge in [-0.15, -0.1) is 0 Å². The molecule has 0 radical (unpaired) electrons. The number of amides is 1. The van der Waals surface area contributed by atoms with Crippen LogP contribution in [0.5, 0.6) is 0 Å².